The number of nitrogens with zero attached hydrogens (tertiary/aromatic N) is 5. The minimum absolute atomic E-state index is 0.184. The molecule has 14 heavy (non-hydrogen) atoms. The Morgan fingerprint density at radius 2 is 2.07 bits per heavy atom. The van der Waals surface area contributed by atoms with E-state index in [1.807, 2.05) is 20.2 Å². The molecular weight excluding hydrogens is 182 g/mol. The zero-order valence-electron chi connectivity index (χ0n) is 7.97. The summed E-state index contributed by atoms with van der Waals surface area (Å²) in [5.41, 5.74) is 7.14. The molecule has 0 amide bonds. The second-order valence-corrected chi connectivity index (χ2v) is 3.05. The van der Waals surface area contributed by atoms with Crippen LogP contribution in [-0.4, -0.2) is 24.7 Å². The van der Waals surface area contributed by atoms with Crippen molar-refractivity contribution in [1.29, 1.82) is 0 Å². The fraction of sp³-hybridized carbons (Fsp3) is 0.286. The van der Waals surface area contributed by atoms with Crippen molar-refractivity contribution in [3.63, 3.8) is 0 Å². The summed E-state index contributed by atoms with van der Waals surface area (Å²) in [7, 11) is 1.83. The number of anilines is 1. The molecule has 0 fully saturated rings. The molecule has 0 atom stereocenters. The van der Waals surface area contributed by atoms with Crippen molar-refractivity contribution in [1.82, 2.24) is 24.7 Å². The average molecular weight is 193 g/mol. The van der Waals surface area contributed by atoms with Gasteiger partial charge in [-0.2, -0.15) is 5.10 Å². The maximum Gasteiger partial charge on any atom is 0.241 e. The molecule has 0 spiro atoms. The second kappa shape index (κ2) is 2.72. The second-order valence-electron chi connectivity index (χ2n) is 3.05. The first-order valence-corrected chi connectivity index (χ1v) is 4.06. The quantitative estimate of drug-likeness (QED) is 0.582. The van der Waals surface area contributed by atoms with E-state index in [0.29, 0.717) is 5.82 Å². The summed E-state index contributed by atoms with van der Waals surface area (Å²) < 4.78 is 2.93. The molecule has 0 aliphatic carbocycles. The smallest absolute Gasteiger partial charge is 0.241 e. The van der Waals surface area contributed by atoms with Crippen LogP contribution in [0.3, 0.4) is 0 Å². The van der Waals surface area contributed by atoms with Gasteiger partial charge in [0.05, 0.1) is 11.3 Å². The Bertz CT molecular complexity index is 466. The zero-order chi connectivity index (χ0) is 10.3. The van der Waals surface area contributed by atoms with Crippen LogP contribution in [0.15, 0.2) is 6.20 Å². The summed E-state index contributed by atoms with van der Waals surface area (Å²) >= 11 is 0. The van der Waals surface area contributed by atoms with Crippen LogP contribution in [0, 0.1) is 6.92 Å². The van der Waals surface area contributed by atoms with Crippen LogP contribution in [0.1, 0.15) is 5.69 Å². The fourth-order valence-electron chi connectivity index (χ4n) is 1.31. The molecule has 7 heteroatoms. The first kappa shape index (κ1) is 8.54. The van der Waals surface area contributed by atoms with Gasteiger partial charge in [-0.25, -0.2) is 4.68 Å². The molecular formula is C7H11N7. The van der Waals surface area contributed by atoms with Crippen molar-refractivity contribution in [2.45, 2.75) is 6.92 Å². The average Bonchev–Trinajstić information content (AvgIpc) is 2.59. The maximum atomic E-state index is 5.64. The molecule has 0 radical (unpaired) electrons. The Kier molecular flexibility index (Phi) is 1.66. The van der Waals surface area contributed by atoms with Gasteiger partial charge < -0.3 is 11.6 Å². The molecule has 2 rings (SSSR count). The Labute approximate surface area is 80.3 Å². The van der Waals surface area contributed by atoms with E-state index in [9.17, 15) is 0 Å². The maximum absolute atomic E-state index is 5.64. The molecule has 0 bridgehead atoms. The Morgan fingerprint density at radius 1 is 1.36 bits per heavy atom. The van der Waals surface area contributed by atoms with E-state index in [2.05, 4.69) is 15.3 Å². The number of rotatable bonds is 1. The standard InChI is InChI=1S/C7H11N7/c1-4-5(3-13(2)12-4)6-10-11-7(8)14(6)9/h3H,9H2,1-2H3,(H2,8,11). The predicted octanol–water partition coefficient (Wildman–Crippen LogP) is -0.717. The highest BCUT2D eigenvalue weighted by Crippen LogP contribution is 2.19. The molecule has 0 aromatic carbocycles. The molecule has 4 N–H and O–H groups in total. The van der Waals surface area contributed by atoms with E-state index in [1.165, 1.54) is 4.68 Å². The van der Waals surface area contributed by atoms with Crippen LogP contribution >= 0.6 is 0 Å². The van der Waals surface area contributed by atoms with Gasteiger partial charge in [0.1, 0.15) is 0 Å². The number of hydrogen-bond acceptors (Lipinski definition) is 5. The lowest BCUT2D eigenvalue weighted by Crippen LogP contribution is -2.13. The molecule has 2 heterocycles. The number of aromatic nitrogens is 5. The molecule has 0 saturated heterocycles. The first-order valence-electron chi connectivity index (χ1n) is 4.06. The van der Waals surface area contributed by atoms with Gasteiger partial charge >= 0.3 is 0 Å². The lowest BCUT2D eigenvalue weighted by atomic mass is 10.2. The van der Waals surface area contributed by atoms with Gasteiger partial charge in [-0.1, -0.05) is 0 Å². The first-order chi connectivity index (χ1) is 6.59. The van der Waals surface area contributed by atoms with Crippen LogP contribution < -0.4 is 11.6 Å². The van der Waals surface area contributed by atoms with Crippen molar-refractivity contribution in [2.24, 2.45) is 7.05 Å². The summed E-state index contributed by atoms with van der Waals surface area (Å²) in [6.45, 7) is 1.88. The number of nitrogens with two attached hydrogens (primary N) is 2. The number of hydrogen-bond donors (Lipinski definition) is 2. The summed E-state index contributed by atoms with van der Waals surface area (Å²) in [6, 6.07) is 0. The molecule has 2 aromatic heterocycles. The van der Waals surface area contributed by atoms with Crippen LogP contribution in [0.4, 0.5) is 5.95 Å². The fourth-order valence-corrected chi connectivity index (χ4v) is 1.31. The lowest BCUT2D eigenvalue weighted by molar-refractivity contribution is 0.756. The molecule has 0 unspecified atom stereocenters. The van der Waals surface area contributed by atoms with Gasteiger partial charge in [-0.15, -0.1) is 10.2 Å². The Balaban J connectivity index is 2.59. The Morgan fingerprint density at radius 3 is 2.50 bits per heavy atom. The SMILES string of the molecule is Cc1nn(C)cc1-c1nnc(N)n1N. The molecule has 2 aromatic rings. The minimum atomic E-state index is 0.184. The predicted molar refractivity (Wildman–Crippen MR) is 51.5 cm³/mol. The highest BCUT2D eigenvalue weighted by molar-refractivity contribution is 5.58. The Hall–Kier alpha value is -2.05. The van der Waals surface area contributed by atoms with Gasteiger partial charge in [-0.05, 0) is 6.92 Å². The van der Waals surface area contributed by atoms with E-state index in [1.54, 1.807) is 4.68 Å². The third-order valence-corrected chi connectivity index (χ3v) is 1.98. The number of nitrogen functional groups attached to an aromatic ring is 2. The van der Waals surface area contributed by atoms with E-state index >= 15 is 0 Å². The summed E-state index contributed by atoms with van der Waals surface area (Å²) in [5, 5.41) is 11.7. The third-order valence-electron chi connectivity index (χ3n) is 1.98. The normalized spacial score (nSPS) is 10.7. The van der Waals surface area contributed by atoms with Crippen molar-refractivity contribution in [3.8, 4) is 11.4 Å². The van der Waals surface area contributed by atoms with Crippen LogP contribution in [-0.2, 0) is 7.05 Å². The lowest BCUT2D eigenvalue weighted by Gasteiger charge is -1.98. The van der Waals surface area contributed by atoms with E-state index in [-0.39, 0.29) is 5.95 Å². The largest absolute Gasteiger partial charge is 0.366 e. The van der Waals surface area contributed by atoms with Crippen molar-refractivity contribution in [3.05, 3.63) is 11.9 Å². The van der Waals surface area contributed by atoms with Gasteiger partial charge in [-0.3, -0.25) is 4.68 Å². The third kappa shape index (κ3) is 1.10. The van der Waals surface area contributed by atoms with Gasteiger partial charge in [0.25, 0.3) is 0 Å². The highest BCUT2D eigenvalue weighted by Gasteiger charge is 2.13. The van der Waals surface area contributed by atoms with Crippen molar-refractivity contribution < 1.29 is 0 Å². The van der Waals surface area contributed by atoms with Crippen molar-refractivity contribution >= 4 is 5.95 Å². The van der Waals surface area contributed by atoms with Crippen LogP contribution in [0.25, 0.3) is 11.4 Å². The summed E-state index contributed by atoms with van der Waals surface area (Å²) in [6.07, 6.45) is 1.82. The number of aryl methyl sites for hydroxylation is 2. The molecule has 0 aliphatic heterocycles. The van der Waals surface area contributed by atoms with Crippen LogP contribution in [0.5, 0.6) is 0 Å². The monoisotopic (exact) mass is 193 g/mol. The topological polar surface area (TPSA) is 101 Å². The van der Waals surface area contributed by atoms with Gasteiger partial charge in [0.2, 0.25) is 5.95 Å². The molecule has 7 nitrogen and oxygen atoms in total. The van der Waals surface area contributed by atoms with Crippen LogP contribution in [0.2, 0.25) is 0 Å². The highest BCUT2D eigenvalue weighted by atomic mass is 15.4. The van der Waals surface area contributed by atoms with E-state index in [0.717, 1.165) is 11.3 Å². The van der Waals surface area contributed by atoms with Gasteiger partial charge in [0, 0.05) is 13.2 Å². The van der Waals surface area contributed by atoms with Gasteiger partial charge in [0.15, 0.2) is 5.82 Å². The summed E-state index contributed by atoms with van der Waals surface area (Å²) in [4.78, 5) is 0. The molecule has 0 saturated carbocycles. The van der Waals surface area contributed by atoms with Crippen molar-refractivity contribution in [2.75, 3.05) is 11.6 Å². The molecule has 74 valence electrons. The zero-order valence-corrected chi connectivity index (χ0v) is 7.97. The van der Waals surface area contributed by atoms with E-state index in [4.69, 9.17) is 11.6 Å². The minimum Gasteiger partial charge on any atom is -0.366 e. The molecule has 0 aliphatic rings. The van der Waals surface area contributed by atoms with E-state index < -0.39 is 0 Å². The summed E-state index contributed by atoms with van der Waals surface area (Å²) in [5.74, 6) is 6.35.